The molecule has 1 saturated heterocycles. The molecule has 1 aliphatic rings. The maximum atomic E-state index is 6.08. The summed E-state index contributed by atoms with van der Waals surface area (Å²) in [5.74, 6) is 1.42. The van der Waals surface area contributed by atoms with E-state index in [-0.39, 0.29) is 6.04 Å². The number of hydrogen-bond acceptors (Lipinski definition) is 3. The Balaban J connectivity index is 2.12. The molecule has 3 atom stereocenters. The fourth-order valence-corrected chi connectivity index (χ4v) is 2.24. The highest BCUT2D eigenvalue weighted by Gasteiger charge is 2.25. The Hall–Kier alpha value is -1.06. The zero-order chi connectivity index (χ0) is 11.5. The molecule has 3 heteroatoms. The van der Waals surface area contributed by atoms with Crippen LogP contribution in [-0.4, -0.2) is 25.7 Å². The molecule has 0 radical (unpaired) electrons. The number of rotatable bonds is 2. The molecule has 0 bridgehead atoms. The van der Waals surface area contributed by atoms with Crippen LogP contribution in [0, 0.1) is 0 Å². The third-order valence-corrected chi connectivity index (χ3v) is 3.45. The Labute approximate surface area is 97.0 Å². The van der Waals surface area contributed by atoms with Gasteiger partial charge in [0, 0.05) is 18.6 Å². The molecule has 3 nitrogen and oxygen atoms in total. The van der Waals surface area contributed by atoms with E-state index in [4.69, 9.17) is 10.5 Å². The predicted octanol–water partition coefficient (Wildman–Crippen LogP) is 1.49. The first kappa shape index (κ1) is 11.4. The SMILES string of the molecule is COc1cccc(C2CNC(C)C(N)C2)c1. The van der Waals surface area contributed by atoms with E-state index >= 15 is 0 Å². The molecule has 2 rings (SSSR count). The number of piperidine rings is 1. The van der Waals surface area contributed by atoms with Crippen molar-refractivity contribution in [1.82, 2.24) is 5.32 Å². The Morgan fingerprint density at radius 2 is 2.25 bits per heavy atom. The van der Waals surface area contributed by atoms with Crippen LogP contribution in [0.15, 0.2) is 24.3 Å². The third kappa shape index (κ3) is 2.36. The zero-order valence-corrected chi connectivity index (χ0v) is 9.94. The minimum absolute atomic E-state index is 0.241. The van der Waals surface area contributed by atoms with Crippen LogP contribution in [0.2, 0.25) is 0 Å². The van der Waals surface area contributed by atoms with Crippen LogP contribution in [0.1, 0.15) is 24.8 Å². The molecule has 1 aromatic carbocycles. The van der Waals surface area contributed by atoms with E-state index in [9.17, 15) is 0 Å². The van der Waals surface area contributed by atoms with Crippen molar-refractivity contribution < 1.29 is 4.74 Å². The number of hydrogen-bond donors (Lipinski definition) is 2. The van der Waals surface area contributed by atoms with Gasteiger partial charge in [-0.15, -0.1) is 0 Å². The van der Waals surface area contributed by atoms with Crippen molar-refractivity contribution in [2.24, 2.45) is 5.73 Å². The van der Waals surface area contributed by atoms with Gasteiger partial charge >= 0.3 is 0 Å². The molecule has 0 spiro atoms. The van der Waals surface area contributed by atoms with Crippen molar-refractivity contribution in [3.8, 4) is 5.75 Å². The largest absolute Gasteiger partial charge is 0.497 e. The van der Waals surface area contributed by atoms with E-state index < -0.39 is 0 Å². The van der Waals surface area contributed by atoms with Gasteiger partial charge in [0.05, 0.1) is 7.11 Å². The molecule has 1 aromatic rings. The molecule has 1 fully saturated rings. The lowest BCUT2D eigenvalue weighted by atomic mass is 9.86. The van der Waals surface area contributed by atoms with Gasteiger partial charge < -0.3 is 15.8 Å². The Morgan fingerprint density at radius 3 is 2.94 bits per heavy atom. The highest BCUT2D eigenvalue weighted by Crippen LogP contribution is 2.27. The maximum absolute atomic E-state index is 6.08. The second kappa shape index (κ2) is 4.85. The highest BCUT2D eigenvalue weighted by molar-refractivity contribution is 5.31. The van der Waals surface area contributed by atoms with Gasteiger partial charge in [0.25, 0.3) is 0 Å². The molecule has 0 amide bonds. The summed E-state index contributed by atoms with van der Waals surface area (Å²) in [4.78, 5) is 0. The van der Waals surface area contributed by atoms with Crippen LogP contribution in [0.25, 0.3) is 0 Å². The van der Waals surface area contributed by atoms with E-state index in [1.165, 1.54) is 5.56 Å². The van der Waals surface area contributed by atoms with Gasteiger partial charge in [0.15, 0.2) is 0 Å². The van der Waals surface area contributed by atoms with E-state index in [1.54, 1.807) is 7.11 Å². The second-order valence-corrected chi connectivity index (χ2v) is 4.57. The van der Waals surface area contributed by atoms with Gasteiger partial charge in [-0.2, -0.15) is 0 Å². The molecule has 0 aromatic heterocycles. The molecule has 16 heavy (non-hydrogen) atoms. The lowest BCUT2D eigenvalue weighted by Crippen LogP contribution is -2.50. The predicted molar refractivity (Wildman–Crippen MR) is 65.8 cm³/mol. The average molecular weight is 220 g/mol. The number of ether oxygens (including phenoxy) is 1. The molecular weight excluding hydrogens is 200 g/mol. The number of methoxy groups -OCH3 is 1. The van der Waals surface area contributed by atoms with Crippen LogP contribution in [0.4, 0.5) is 0 Å². The zero-order valence-electron chi connectivity index (χ0n) is 9.94. The number of nitrogens with one attached hydrogen (secondary N) is 1. The summed E-state index contributed by atoms with van der Waals surface area (Å²) < 4.78 is 5.24. The summed E-state index contributed by atoms with van der Waals surface area (Å²) in [6.07, 6.45) is 1.04. The molecule has 1 aliphatic heterocycles. The molecule has 3 unspecified atom stereocenters. The van der Waals surface area contributed by atoms with Crippen molar-refractivity contribution in [1.29, 1.82) is 0 Å². The van der Waals surface area contributed by atoms with Gasteiger partial charge in [0.2, 0.25) is 0 Å². The molecular formula is C13H20N2O. The number of benzene rings is 1. The van der Waals surface area contributed by atoms with Gasteiger partial charge in [-0.1, -0.05) is 12.1 Å². The summed E-state index contributed by atoms with van der Waals surface area (Å²) in [5.41, 5.74) is 7.40. The average Bonchev–Trinajstić information content (AvgIpc) is 2.33. The second-order valence-electron chi connectivity index (χ2n) is 4.57. The van der Waals surface area contributed by atoms with Gasteiger partial charge in [-0.05, 0) is 37.0 Å². The quantitative estimate of drug-likeness (QED) is 0.794. The summed E-state index contributed by atoms with van der Waals surface area (Å²) in [6.45, 7) is 3.15. The normalized spacial score (nSPS) is 30.1. The standard InChI is InChI=1S/C13H20N2O/c1-9-13(14)7-11(8-15-9)10-4-3-5-12(6-10)16-2/h3-6,9,11,13,15H,7-8,14H2,1-2H3. The highest BCUT2D eigenvalue weighted by atomic mass is 16.5. The Morgan fingerprint density at radius 1 is 1.44 bits per heavy atom. The van der Waals surface area contributed by atoms with E-state index in [2.05, 4.69) is 24.4 Å². The first-order valence-corrected chi connectivity index (χ1v) is 5.83. The van der Waals surface area contributed by atoms with Crippen molar-refractivity contribution in [2.75, 3.05) is 13.7 Å². The van der Waals surface area contributed by atoms with Gasteiger partial charge in [0.1, 0.15) is 5.75 Å². The molecule has 0 aliphatic carbocycles. The van der Waals surface area contributed by atoms with E-state index in [1.807, 2.05) is 12.1 Å². The minimum Gasteiger partial charge on any atom is -0.497 e. The monoisotopic (exact) mass is 220 g/mol. The smallest absolute Gasteiger partial charge is 0.119 e. The van der Waals surface area contributed by atoms with Crippen LogP contribution in [-0.2, 0) is 0 Å². The minimum atomic E-state index is 0.241. The van der Waals surface area contributed by atoms with Crippen molar-refractivity contribution >= 4 is 0 Å². The summed E-state index contributed by atoms with van der Waals surface area (Å²) in [5, 5.41) is 3.45. The molecule has 1 heterocycles. The van der Waals surface area contributed by atoms with Gasteiger partial charge in [-0.3, -0.25) is 0 Å². The van der Waals surface area contributed by atoms with Crippen molar-refractivity contribution in [3.05, 3.63) is 29.8 Å². The maximum Gasteiger partial charge on any atom is 0.119 e. The molecule has 0 saturated carbocycles. The summed E-state index contributed by atoms with van der Waals surface area (Å²) in [7, 11) is 1.70. The van der Waals surface area contributed by atoms with Crippen molar-refractivity contribution in [3.63, 3.8) is 0 Å². The van der Waals surface area contributed by atoms with Gasteiger partial charge in [-0.25, -0.2) is 0 Å². The third-order valence-electron chi connectivity index (χ3n) is 3.45. The molecule has 88 valence electrons. The lowest BCUT2D eigenvalue weighted by molar-refractivity contribution is 0.336. The fraction of sp³-hybridized carbons (Fsp3) is 0.538. The fourth-order valence-electron chi connectivity index (χ4n) is 2.24. The van der Waals surface area contributed by atoms with Crippen LogP contribution in [0.3, 0.4) is 0 Å². The summed E-state index contributed by atoms with van der Waals surface area (Å²) >= 11 is 0. The summed E-state index contributed by atoms with van der Waals surface area (Å²) in [6, 6.07) is 8.93. The lowest BCUT2D eigenvalue weighted by Gasteiger charge is -2.33. The first-order valence-electron chi connectivity index (χ1n) is 5.83. The van der Waals surface area contributed by atoms with E-state index in [0.717, 1.165) is 18.7 Å². The topological polar surface area (TPSA) is 47.3 Å². The molecule has 3 N–H and O–H groups in total. The Bertz CT molecular complexity index is 354. The van der Waals surface area contributed by atoms with Crippen molar-refractivity contribution in [2.45, 2.75) is 31.3 Å². The first-order chi connectivity index (χ1) is 7.70. The van der Waals surface area contributed by atoms with Crippen LogP contribution >= 0.6 is 0 Å². The number of nitrogens with two attached hydrogens (primary N) is 1. The Kier molecular flexibility index (Phi) is 3.46. The van der Waals surface area contributed by atoms with Crippen LogP contribution in [0.5, 0.6) is 5.75 Å². The van der Waals surface area contributed by atoms with Crippen LogP contribution < -0.4 is 15.8 Å². The van der Waals surface area contributed by atoms with E-state index in [0.29, 0.717) is 12.0 Å².